The van der Waals surface area contributed by atoms with E-state index in [1.54, 1.807) is 13.0 Å². The minimum Gasteiger partial charge on any atom is -0.207 e. The summed E-state index contributed by atoms with van der Waals surface area (Å²) in [7, 11) is -14.3. The van der Waals surface area contributed by atoms with Gasteiger partial charge in [-0.25, -0.2) is 8.42 Å². The minimum atomic E-state index is -4.98. The van der Waals surface area contributed by atoms with Gasteiger partial charge in [0.05, 0.1) is 16.4 Å². The third-order valence-corrected chi connectivity index (χ3v) is 6.51. The second-order valence-electron chi connectivity index (χ2n) is 5.16. The van der Waals surface area contributed by atoms with E-state index < -0.39 is 55.1 Å². The van der Waals surface area contributed by atoms with E-state index in [-0.39, 0.29) is 4.90 Å². The molecule has 138 valence electrons. The second-order valence-corrected chi connectivity index (χ2v) is 10.0. The summed E-state index contributed by atoms with van der Waals surface area (Å²) in [6, 6.07) is 4.47. The van der Waals surface area contributed by atoms with Gasteiger partial charge >= 0.3 is 20.4 Å². The van der Waals surface area contributed by atoms with E-state index in [0.29, 0.717) is 15.4 Å². The van der Waals surface area contributed by atoms with Crippen molar-refractivity contribution >= 4 is 30.5 Å². The van der Waals surface area contributed by atoms with Gasteiger partial charge in [-0.1, -0.05) is 12.1 Å². The summed E-state index contributed by atoms with van der Waals surface area (Å²) in [5, 5.41) is 0. The van der Waals surface area contributed by atoms with E-state index in [9.17, 15) is 33.0 Å². The monoisotopic (exact) mass is 405 g/mol. The van der Waals surface area contributed by atoms with E-state index >= 15 is 0 Å². The summed E-state index contributed by atoms with van der Waals surface area (Å²) in [5.41, 5.74) is 0.923. The molecular formula is C12H17F2NO6S3. The maximum absolute atomic E-state index is 12.7. The van der Waals surface area contributed by atoms with Crippen LogP contribution in [0.3, 0.4) is 0 Å². The number of benzene rings is 1. The largest absolute Gasteiger partial charge is 0.303 e. The number of rotatable bonds is 8. The molecule has 7 nitrogen and oxygen atoms in total. The van der Waals surface area contributed by atoms with Gasteiger partial charge in [0.15, 0.2) is 0 Å². The highest BCUT2D eigenvalue weighted by Crippen LogP contribution is 2.21. The third-order valence-electron chi connectivity index (χ3n) is 3.13. The van der Waals surface area contributed by atoms with Crippen molar-refractivity contribution in [1.82, 2.24) is 4.31 Å². The van der Waals surface area contributed by atoms with Crippen molar-refractivity contribution in [2.75, 3.05) is 24.6 Å². The lowest BCUT2D eigenvalue weighted by Crippen LogP contribution is -2.38. The van der Waals surface area contributed by atoms with Gasteiger partial charge in [0.1, 0.15) is 0 Å². The Morgan fingerprint density at radius 1 is 0.875 bits per heavy atom. The van der Waals surface area contributed by atoms with Crippen LogP contribution in [0, 0.1) is 13.8 Å². The van der Waals surface area contributed by atoms with Crippen LogP contribution in [0.15, 0.2) is 23.1 Å². The Morgan fingerprint density at radius 3 is 1.75 bits per heavy atom. The van der Waals surface area contributed by atoms with Crippen LogP contribution in [0.25, 0.3) is 0 Å². The molecule has 1 aromatic rings. The van der Waals surface area contributed by atoms with E-state index in [2.05, 4.69) is 0 Å². The van der Waals surface area contributed by atoms with Crippen molar-refractivity contribution in [3.8, 4) is 0 Å². The van der Waals surface area contributed by atoms with E-state index in [0.717, 1.165) is 0 Å². The maximum Gasteiger partial charge on any atom is 0.303 e. The van der Waals surface area contributed by atoms with Gasteiger partial charge in [-0.2, -0.15) is 21.1 Å². The van der Waals surface area contributed by atoms with Crippen LogP contribution in [-0.4, -0.2) is 54.2 Å². The van der Waals surface area contributed by atoms with Crippen LogP contribution < -0.4 is 0 Å². The number of aryl methyl sites for hydroxylation is 2. The predicted octanol–water partition coefficient (Wildman–Crippen LogP) is 0.893. The first kappa shape index (κ1) is 20.9. The zero-order valence-corrected chi connectivity index (χ0v) is 15.4. The van der Waals surface area contributed by atoms with Crippen molar-refractivity contribution in [3.05, 3.63) is 29.3 Å². The van der Waals surface area contributed by atoms with Crippen LogP contribution in [0.2, 0.25) is 0 Å². The smallest absolute Gasteiger partial charge is 0.207 e. The van der Waals surface area contributed by atoms with Crippen molar-refractivity contribution in [2.24, 2.45) is 0 Å². The molecule has 0 fully saturated rings. The number of halogens is 2. The fraction of sp³-hybridized carbons (Fsp3) is 0.500. The first-order valence-electron chi connectivity index (χ1n) is 6.64. The molecule has 24 heavy (non-hydrogen) atoms. The molecule has 0 bridgehead atoms. The Morgan fingerprint density at radius 2 is 1.33 bits per heavy atom. The molecule has 0 unspecified atom stereocenters. The fourth-order valence-electron chi connectivity index (χ4n) is 1.90. The van der Waals surface area contributed by atoms with Crippen LogP contribution in [-0.2, 0) is 30.5 Å². The Hall–Kier alpha value is -1.11. The Labute approximate surface area is 140 Å². The molecule has 0 amide bonds. The Bertz CT molecular complexity index is 874. The van der Waals surface area contributed by atoms with Gasteiger partial charge in [-0.3, -0.25) is 0 Å². The zero-order chi connectivity index (χ0) is 18.8. The normalized spacial score (nSPS) is 13.4. The summed E-state index contributed by atoms with van der Waals surface area (Å²) in [6.07, 6.45) is 0. The summed E-state index contributed by atoms with van der Waals surface area (Å²) in [5.74, 6) is -2.33. The van der Waals surface area contributed by atoms with Crippen LogP contribution in [0.1, 0.15) is 11.1 Å². The van der Waals surface area contributed by atoms with E-state index in [4.69, 9.17) is 0 Å². The lowest BCUT2D eigenvalue weighted by molar-refractivity contribution is 0.437. The molecule has 1 aromatic carbocycles. The Balaban J connectivity index is 3.26. The molecule has 0 spiro atoms. The number of hydrogen-bond acceptors (Lipinski definition) is 6. The quantitative estimate of drug-likeness (QED) is 0.595. The molecular weight excluding hydrogens is 388 g/mol. The predicted molar refractivity (Wildman–Crippen MR) is 84.5 cm³/mol. The Kier molecular flexibility index (Phi) is 6.47. The molecule has 0 aliphatic rings. The summed E-state index contributed by atoms with van der Waals surface area (Å²) < 4.78 is 93.7. The summed E-state index contributed by atoms with van der Waals surface area (Å²) >= 11 is 0. The van der Waals surface area contributed by atoms with Crippen LogP contribution >= 0.6 is 0 Å². The first-order valence-corrected chi connectivity index (χ1v) is 11.2. The van der Waals surface area contributed by atoms with Crippen molar-refractivity contribution in [3.63, 3.8) is 0 Å². The molecule has 0 heterocycles. The van der Waals surface area contributed by atoms with E-state index in [1.165, 1.54) is 19.1 Å². The molecule has 0 atom stereocenters. The van der Waals surface area contributed by atoms with Crippen LogP contribution in [0.4, 0.5) is 7.77 Å². The minimum absolute atomic E-state index is 0.185. The molecule has 0 radical (unpaired) electrons. The van der Waals surface area contributed by atoms with Gasteiger partial charge in [-0.05, 0) is 31.0 Å². The van der Waals surface area contributed by atoms with Gasteiger partial charge in [0.2, 0.25) is 10.0 Å². The number of sulfonamides is 1. The maximum atomic E-state index is 12.7. The third kappa shape index (κ3) is 6.42. The van der Waals surface area contributed by atoms with Crippen LogP contribution in [0.5, 0.6) is 0 Å². The molecule has 1 rings (SSSR count). The average Bonchev–Trinajstić information content (AvgIpc) is 2.38. The highest BCUT2D eigenvalue weighted by Gasteiger charge is 2.29. The molecule has 0 saturated heterocycles. The highest BCUT2D eigenvalue weighted by molar-refractivity contribution is 7.89. The first-order chi connectivity index (χ1) is 10.7. The topological polar surface area (TPSA) is 106 Å². The second kappa shape index (κ2) is 7.42. The summed E-state index contributed by atoms with van der Waals surface area (Å²) in [6.45, 7) is 1.46. The SMILES string of the molecule is Cc1ccc(C)c(S(=O)(=O)N(CCS(=O)(=O)F)CCS(=O)(=O)F)c1. The van der Waals surface area contributed by atoms with Gasteiger partial charge in [0.25, 0.3) is 0 Å². The molecule has 0 aliphatic heterocycles. The van der Waals surface area contributed by atoms with Crippen molar-refractivity contribution in [1.29, 1.82) is 0 Å². The summed E-state index contributed by atoms with van der Waals surface area (Å²) in [4.78, 5) is -0.185. The van der Waals surface area contributed by atoms with Gasteiger partial charge < -0.3 is 0 Å². The molecule has 0 saturated carbocycles. The number of nitrogens with zero attached hydrogens (tertiary/aromatic N) is 1. The van der Waals surface area contributed by atoms with Crippen molar-refractivity contribution < 1.29 is 33.0 Å². The number of hydrogen-bond donors (Lipinski definition) is 0. The fourth-order valence-corrected chi connectivity index (χ4v) is 4.76. The van der Waals surface area contributed by atoms with Crippen molar-refractivity contribution in [2.45, 2.75) is 18.7 Å². The lowest BCUT2D eigenvalue weighted by atomic mass is 10.2. The zero-order valence-electron chi connectivity index (χ0n) is 12.9. The average molecular weight is 405 g/mol. The molecule has 0 aromatic heterocycles. The molecule has 0 aliphatic carbocycles. The van der Waals surface area contributed by atoms with Gasteiger partial charge in [0, 0.05) is 13.1 Å². The van der Waals surface area contributed by atoms with E-state index in [1.807, 2.05) is 0 Å². The molecule has 12 heteroatoms. The van der Waals surface area contributed by atoms with Gasteiger partial charge in [-0.15, -0.1) is 7.77 Å². The molecule has 0 N–H and O–H groups in total. The standard InChI is InChI=1S/C12H17F2NO6S3/c1-10-3-4-11(2)12(9-10)24(20,21)15(5-7-22(13,16)17)6-8-23(14,18)19/h3-4,9H,5-8H2,1-2H3. The lowest BCUT2D eigenvalue weighted by Gasteiger charge is -2.22. The highest BCUT2D eigenvalue weighted by atomic mass is 32.3.